The summed E-state index contributed by atoms with van der Waals surface area (Å²) in [5.41, 5.74) is 2.14. The quantitative estimate of drug-likeness (QED) is 0.428. The minimum Gasteiger partial charge on any atom is -0.468 e. The number of esters is 1. The Morgan fingerprint density at radius 1 is 1.10 bits per heavy atom. The first kappa shape index (κ1) is 21.1. The van der Waals surface area contributed by atoms with E-state index in [1.807, 2.05) is 59.5 Å². The van der Waals surface area contributed by atoms with Gasteiger partial charge in [-0.25, -0.2) is 4.79 Å². The van der Waals surface area contributed by atoms with Crippen LogP contribution in [0.1, 0.15) is 32.9 Å². The zero-order valence-electron chi connectivity index (χ0n) is 17.2. The zero-order valence-corrected chi connectivity index (χ0v) is 18.1. The second-order valence-electron chi connectivity index (χ2n) is 7.28. The van der Waals surface area contributed by atoms with Crippen molar-refractivity contribution in [3.8, 4) is 0 Å². The number of nitrogens with zero attached hydrogens (tertiary/aromatic N) is 1. The van der Waals surface area contributed by atoms with Gasteiger partial charge in [-0.1, -0.05) is 30.3 Å². The number of carbonyl (C=O) groups excluding carboxylic acids is 2. The van der Waals surface area contributed by atoms with E-state index in [2.05, 4.69) is 5.32 Å². The van der Waals surface area contributed by atoms with Crippen LogP contribution in [0.3, 0.4) is 0 Å². The number of hydrogen-bond donors (Lipinski definition) is 1. The Kier molecular flexibility index (Phi) is 6.62. The van der Waals surface area contributed by atoms with E-state index in [9.17, 15) is 9.59 Å². The molecule has 3 aromatic rings. The van der Waals surface area contributed by atoms with Gasteiger partial charge in [0, 0.05) is 29.7 Å². The van der Waals surface area contributed by atoms with E-state index >= 15 is 0 Å². The Morgan fingerprint density at radius 2 is 1.87 bits per heavy atom. The maximum Gasteiger partial charge on any atom is 0.341 e. The van der Waals surface area contributed by atoms with Gasteiger partial charge in [0.15, 0.2) is 0 Å². The van der Waals surface area contributed by atoms with Crippen molar-refractivity contribution in [2.75, 3.05) is 25.5 Å². The Balaban J connectivity index is 1.42. The molecular weight excluding hydrogens is 412 g/mol. The fourth-order valence-corrected chi connectivity index (χ4v) is 4.66. The van der Waals surface area contributed by atoms with E-state index in [-0.39, 0.29) is 11.9 Å². The molecule has 1 fully saturated rings. The fraction of sp³-hybridized carbons (Fsp3) is 0.250. The van der Waals surface area contributed by atoms with Crippen molar-refractivity contribution in [1.82, 2.24) is 4.90 Å². The highest BCUT2D eigenvalue weighted by molar-refractivity contribution is 7.98. The molecule has 0 saturated carbocycles. The van der Waals surface area contributed by atoms with Crippen LogP contribution < -0.4 is 5.32 Å². The molecule has 0 bridgehead atoms. The molecule has 7 heteroatoms. The van der Waals surface area contributed by atoms with Gasteiger partial charge >= 0.3 is 5.97 Å². The number of nitrogens with one attached hydrogen (secondary N) is 1. The lowest BCUT2D eigenvalue weighted by Crippen LogP contribution is -2.31. The number of ether oxygens (including phenoxy) is 1. The molecule has 1 aromatic heterocycles. The standard InChI is InChI=1S/C24H24N2O4S/c1-29-24(28)19-12-14-30-21(19)16-31-22-10-6-5-9-20(22)23(27)26-13-11-18(15-26)25-17-7-3-2-4-8-17/h2-10,12,14,18,25H,11,13,15-16H2,1H3. The van der Waals surface area contributed by atoms with Crippen LogP contribution in [0.15, 0.2) is 76.2 Å². The number of para-hydroxylation sites is 1. The number of thioether (sulfide) groups is 1. The number of anilines is 1. The van der Waals surface area contributed by atoms with E-state index < -0.39 is 5.97 Å². The molecule has 1 aliphatic rings. The molecule has 1 aliphatic heterocycles. The molecule has 1 atom stereocenters. The maximum absolute atomic E-state index is 13.2. The second-order valence-corrected chi connectivity index (χ2v) is 8.30. The van der Waals surface area contributed by atoms with Gasteiger partial charge in [-0.15, -0.1) is 11.8 Å². The van der Waals surface area contributed by atoms with Crippen molar-refractivity contribution >= 4 is 29.3 Å². The lowest BCUT2D eigenvalue weighted by Gasteiger charge is -2.19. The van der Waals surface area contributed by atoms with Gasteiger partial charge in [-0.3, -0.25) is 4.79 Å². The summed E-state index contributed by atoms with van der Waals surface area (Å²) < 4.78 is 10.2. The fourth-order valence-electron chi connectivity index (χ4n) is 3.66. The largest absolute Gasteiger partial charge is 0.468 e. The van der Waals surface area contributed by atoms with Crippen molar-refractivity contribution in [1.29, 1.82) is 0 Å². The summed E-state index contributed by atoms with van der Waals surface area (Å²) >= 11 is 1.47. The number of benzene rings is 2. The van der Waals surface area contributed by atoms with E-state index in [1.165, 1.54) is 25.1 Å². The molecule has 0 radical (unpaired) electrons. The topological polar surface area (TPSA) is 71.8 Å². The number of carbonyl (C=O) groups is 2. The lowest BCUT2D eigenvalue weighted by molar-refractivity contribution is 0.0598. The Morgan fingerprint density at radius 3 is 2.68 bits per heavy atom. The van der Waals surface area contributed by atoms with Crippen LogP contribution in [0.25, 0.3) is 0 Å². The highest BCUT2D eigenvalue weighted by Gasteiger charge is 2.28. The normalized spacial score (nSPS) is 15.6. The third-order valence-electron chi connectivity index (χ3n) is 5.25. The number of likely N-dealkylation sites (tertiary alicyclic amines) is 1. The number of methoxy groups -OCH3 is 1. The Bertz CT molecular complexity index is 1050. The summed E-state index contributed by atoms with van der Waals surface area (Å²) in [5.74, 6) is 0.558. The monoisotopic (exact) mass is 436 g/mol. The average Bonchev–Trinajstić information content (AvgIpc) is 3.47. The minimum absolute atomic E-state index is 0.0214. The molecule has 1 saturated heterocycles. The van der Waals surface area contributed by atoms with Gasteiger partial charge in [0.05, 0.1) is 24.7 Å². The van der Waals surface area contributed by atoms with Crippen LogP contribution in [-0.4, -0.2) is 43.0 Å². The summed E-state index contributed by atoms with van der Waals surface area (Å²) in [5, 5.41) is 3.50. The zero-order chi connectivity index (χ0) is 21.6. The van der Waals surface area contributed by atoms with Gasteiger partial charge in [0.1, 0.15) is 11.3 Å². The molecule has 2 heterocycles. The Hall–Kier alpha value is -3.19. The highest BCUT2D eigenvalue weighted by atomic mass is 32.2. The molecule has 1 unspecified atom stereocenters. The van der Waals surface area contributed by atoms with Crippen LogP contribution >= 0.6 is 11.8 Å². The lowest BCUT2D eigenvalue weighted by atomic mass is 10.2. The second kappa shape index (κ2) is 9.75. The average molecular weight is 437 g/mol. The summed E-state index contributed by atoms with van der Waals surface area (Å²) in [6.07, 6.45) is 2.38. The van der Waals surface area contributed by atoms with Gasteiger partial charge in [-0.2, -0.15) is 0 Å². The molecule has 160 valence electrons. The summed E-state index contributed by atoms with van der Waals surface area (Å²) in [6.45, 7) is 1.38. The summed E-state index contributed by atoms with van der Waals surface area (Å²) in [4.78, 5) is 27.9. The molecule has 6 nitrogen and oxygen atoms in total. The predicted molar refractivity (Wildman–Crippen MR) is 120 cm³/mol. The van der Waals surface area contributed by atoms with Gasteiger partial charge in [0.25, 0.3) is 5.91 Å². The van der Waals surface area contributed by atoms with Crippen LogP contribution in [-0.2, 0) is 10.5 Å². The maximum atomic E-state index is 13.2. The minimum atomic E-state index is -0.428. The molecule has 0 aliphatic carbocycles. The van der Waals surface area contributed by atoms with Crippen molar-refractivity contribution < 1.29 is 18.7 Å². The third-order valence-corrected chi connectivity index (χ3v) is 6.32. The number of amides is 1. The third kappa shape index (κ3) is 4.94. The molecular formula is C24H24N2O4S. The molecule has 0 spiro atoms. The molecule has 1 amide bonds. The van der Waals surface area contributed by atoms with Gasteiger partial charge in [0.2, 0.25) is 0 Å². The van der Waals surface area contributed by atoms with E-state index in [1.54, 1.807) is 6.07 Å². The first-order chi connectivity index (χ1) is 15.2. The van der Waals surface area contributed by atoms with Gasteiger partial charge < -0.3 is 19.4 Å². The molecule has 31 heavy (non-hydrogen) atoms. The molecule has 4 rings (SSSR count). The van der Waals surface area contributed by atoms with E-state index in [0.717, 1.165) is 17.0 Å². The first-order valence-corrected chi connectivity index (χ1v) is 11.1. The number of hydrogen-bond acceptors (Lipinski definition) is 6. The number of furan rings is 1. The Labute approximate surface area is 185 Å². The molecule has 1 N–H and O–H groups in total. The SMILES string of the molecule is COC(=O)c1ccoc1CSc1ccccc1C(=O)N1CCC(Nc2ccccc2)C1. The van der Waals surface area contributed by atoms with Crippen LogP contribution in [0, 0.1) is 0 Å². The summed E-state index contributed by atoms with van der Waals surface area (Å²) in [6, 6.07) is 19.4. The van der Waals surface area contributed by atoms with Crippen LogP contribution in [0.2, 0.25) is 0 Å². The smallest absolute Gasteiger partial charge is 0.341 e. The van der Waals surface area contributed by atoms with E-state index in [0.29, 0.717) is 35.7 Å². The van der Waals surface area contributed by atoms with Gasteiger partial charge in [-0.05, 0) is 36.8 Å². The number of rotatable bonds is 7. The highest BCUT2D eigenvalue weighted by Crippen LogP contribution is 2.30. The van der Waals surface area contributed by atoms with Crippen LogP contribution in [0.5, 0.6) is 0 Å². The van der Waals surface area contributed by atoms with Crippen molar-refractivity contribution in [3.05, 3.63) is 83.8 Å². The van der Waals surface area contributed by atoms with Crippen molar-refractivity contribution in [2.45, 2.75) is 23.1 Å². The molecule has 2 aromatic carbocycles. The van der Waals surface area contributed by atoms with Crippen molar-refractivity contribution in [2.24, 2.45) is 0 Å². The summed E-state index contributed by atoms with van der Waals surface area (Å²) in [7, 11) is 1.34. The van der Waals surface area contributed by atoms with Crippen LogP contribution in [0.4, 0.5) is 5.69 Å². The first-order valence-electron chi connectivity index (χ1n) is 10.1. The van der Waals surface area contributed by atoms with E-state index in [4.69, 9.17) is 9.15 Å². The van der Waals surface area contributed by atoms with Crippen molar-refractivity contribution in [3.63, 3.8) is 0 Å². The predicted octanol–water partition coefficient (Wildman–Crippen LogP) is 4.69.